The number of carbonyl (C=O) groups excluding carboxylic acids is 1. The Morgan fingerprint density at radius 2 is 1.89 bits per heavy atom. The van der Waals surface area contributed by atoms with E-state index in [0.717, 1.165) is 13.1 Å². The highest BCUT2D eigenvalue weighted by molar-refractivity contribution is 5.91. The van der Waals surface area contributed by atoms with Crippen molar-refractivity contribution in [2.24, 2.45) is 5.73 Å². The number of nitrogens with two attached hydrogens (primary N) is 2. The van der Waals surface area contributed by atoms with E-state index in [0.29, 0.717) is 23.6 Å². The molecule has 0 spiro atoms. The summed E-state index contributed by atoms with van der Waals surface area (Å²) >= 11 is 0. The number of piperazine rings is 1. The summed E-state index contributed by atoms with van der Waals surface area (Å²) in [6.45, 7) is 5.99. The molecule has 0 radical (unpaired) electrons. The molecule has 0 saturated carbocycles. The van der Waals surface area contributed by atoms with Gasteiger partial charge in [0.05, 0.1) is 5.69 Å². The van der Waals surface area contributed by atoms with Gasteiger partial charge >= 0.3 is 0 Å². The second-order valence-corrected chi connectivity index (χ2v) is 5.24. The third kappa shape index (κ3) is 2.63. The summed E-state index contributed by atoms with van der Waals surface area (Å²) in [4.78, 5) is 20.0. The van der Waals surface area contributed by atoms with Gasteiger partial charge in [0, 0.05) is 25.2 Å². The molecule has 1 fully saturated rings. The number of hydrogen-bond acceptors (Lipinski definition) is 5. The van der Waals surface area contributed by atoms with Gasteiger partial charge in [0.1, 0.15) is 5.69 Å². The van der Waals surface area contributed by atoms with E-state index in [4.69, 9.17) is 11.5 Å². The Morgan fingerprint density at radius 1 is 1.32 bits per heavy atom. The van der Waals surface area contributed by atoms with Crippen LogP contribution in [0.5, 0.6) is 0 Å². The van der Waals surface area contributed by atoms with Crippen molar-refractivity contribution < 1.29 is 4.79 Å². The Morgan fingerprint density at radius 3 is 2.42 bits per heavy atom. The summed E-state index contributed by atoms with van der Waals surface area (Å²) < 4.78 is 0. The van der Waals surface area contributed by atoms with Crippen molar-refractivity contribution in [2.45, 2.75) is 25.9 Å². The zero-order valence-corrected chi connectivity index (χ0v) is 11.6. The van der Waals surface area contributed by atoms with Gasteiger partial charge in [-0.25, -0.2) is 4.98 Å². The summed E-state index contributed by atoms with van der Waals surface area (Å²) in [5.41, 5.74) is 12.1. The summed E-state index contributed by atoms with van der Waals surface area (Å²) in [5.74, 6) is 0.125. The number of pyridine rings is 1. The molecule has 2 unspecified atom stereocenters. The number of anilines is 2. The second kappa shape index (κ2) is 5.05. The van der Waals surface area contributed by atoms with E-state index in [1.165, 1.54) is 0 Å². The lowest BCUT2D eigenvalue weighted by atomic mass is 10.1. The average Bonchev–Trinajstić information content (AvgIpc) is 2.35. The molecule has 0 aliphatic carbocycles. The maximum Gasteiger partial charge on any atom is 0.267 e. The van der Waals surface area contributed by atoms with Gasteiger partial charge in [-0.05, 0) is 33.0 Å². The Kier molecular flexibility index (Phi) is 3.61. The lowest BCUT2D eigenvalue weighted by molar-refractivity contribution is 0.0995. The molecule has 1 aromatic rings. The first-order valence-corrected chi connectivity index (χ1v) is 6.43. The molecule has 104 valence electrons. The smallest absolute Gasteiger partial charge is 0.267 e. The van der Waals surface area contributed by atoms with Crippen molar-refractivity contribution in [3.63, 3.8) is 0 Å². The van der Waals surface area contributed by atoms with Gasteiger partial charge in [-0.1, -0.05) is 0 Å². The van der Waals surface area contributed by atoms with Gasteiger partial charge < -0.3 is 16.4 Å². The zero-order valence-electron chi connectivity index (χ0n) is 11.6. The van der Waals surface area contributed by atoms with E-state index >= 15 is 0 Å². The van der Waals surface area contributed by atoms with E-state index in [1.807, 2.05) is 0 Å². The number of rotatable bonds is 2. The number of nitrogen functional groups attached to an aromatic ring is 1. The van der Waals surface area contributed by atoms with Gasteiger partial charge in [0.15, 0.2) is 5.82 Å². The molecule has 19 heavy (non-hydrogen) atoms. The van der Waals surface area contributed by atoms with E-state index in [-0.39, 0.29) is 5.69 Å². The normalized spacial score (nSPS) is 24.5. The van der Waals surface area contributed by atoms with Crippen LogP contribution in [0.2, 0.25) is 0 Å². The molecule has 0 aromatic carbocycles. The van der Waals surface area contributed by atoms with Gasteiger partial charge in [-0.15, -0.1) is 0 Å². The highest BCUT2D eigenvalue weighted by atomic mass is 16.1. The molecule has 1 aliphatic rings. The topological polar surface area (TPSA) is 88.5 Å². The molecule has 2 heterocycles. The molecular weight excluding hydrogens is 242 g/mol. The van der Waals surface area contributed by atoms with Crippen molar-refractivity contribution in [3.8, 4) is 0 Å². The fraction of sp³-hybridized carbons (Fsp3) is 0.538. The molecule has 1 amide bonds. The fourth-order valence-corrected chi connectivity index (χ4v) is 2.43. The molecule has 1 aromatic heterocycles. The Hall–Kier alpha value is -1.82. The third-order valence-corrected chi connectivity index (χ3v) is 3.82. The SMILES string of the molecule is CC1CN(c2nc(C(N)=O)ccc2N)CC(C)N1C. The largest absolute Gasteiger partial charge is 0.396 e. The minimum Gasteiger partial charge on any atom is -0.396 e. The summed E-state index contributed by atoms with van der Waals surface area (Å²) in [7, 11) is 2.11. The van der Waals surface area contributed by atoms with Crippen molar-refractivity contribution in [1.82, 2.24) is 9.88 Å². The first-order valence-electron chi connectivity index (χ1n) is 6.43. The molecule has 1 aliphatic heterocycles. The summed E-state index contributed by atoms with van der Waals surface area (Å²) in [5, 5.41) is 0. The van der Waals surface area contributed by atoms with E-state index in [1.54, 1.807) is 12.1 Å². The number of carbonyl (C=O) groups is 1. The molecule has 2 rings (SSSR count). The predicted octanol–water partition coefficient (Wildman–Crippen LogP) is 0.292. The number of aromatic nitrogens is 1. The molecule has 6 heteroatoms. The van der Waals surface area contributed by atoms with Crippen LogP contribution in [-0.2, 0) is 0 Å². The minimum atomic E-state index is -0.531. The quantitative estimate of drug-likeness (QED) is 0.800. The maximum atomic E-state index is 11.2. The number of hydrogen-bond donors (Lipinski definition) is 2. The second-order valence-electron chi connectivity index (χ2n) is 5.24. The average molecular weight is 263 g/mol. The molecule has 2 atom stereocenters. The Labute approximate surface area is 113 Å². The first kappa shape index (κ1) is 13.6. The molecule has 6 nitrogen and oxygen atoms in total. The van der Waals surface area contributed by atoms with Crippen molar-refractivity contribution >= 4 is 17.4 Å². The van der Waals surface area contributed by atoms with Crippen LogP contribution in [0.1, 0.15) is 24.3 Å². The van der Waals surface area contributed by atoms with Crippen LogP contribution in [0, 0.1) is 0 Å². The van der Waals surface area contributed by atoms with Crippen LogP contribution in [0.25, 0.3) is 0 Å². The van der Waals surface area contributed by atoms with Crippen molar-refractivity contribution in [2.75, 3.05) is 30.8 Å². The third-order valence-electron chi connectivity index (χ3n) is 3.82. The van der Waals surface area contributed by atoms with Gasteiger partial charge in [-0.2, -0.15) is 0 Å². The number of amides is 1. The Balaban J connectivity index is 2.31. The summed E-state index contributed by atoms with van der Waals surface area (Å²) in [6, 6.07) is 4.06. The van der Waals surface area contributed by atoms with Crippen LogP contribution < -0.4 is 16.4 Å². The molecule has 1 saturated heterocycles. The lowest BCUT2D eigenvalue weighted by Crippen LogP contribution is -2.55. The number of likely N-dealkylation sites (N-methyl/N-ethyl adjacent to an activating group) is 1. The van der Waals surface area contributed by atoms with E-state index in [9.17, 15) is 4.79 Å². The highest BCUT2D eigenvalue weighted by Gasteiger charge is 2.28. The van der Waals surface area contributed by atoms with E-state index < -0.39 is 5.91 Å². The van der Waals surface area contributed by atoms with Gasteiger partial charge in [0.25, 0.3) is 5.91 Å². The standard InChI is InChI=1S/C13H21N5O/c1-8-6-18(7-9(2)17(8)3)13-10(14)4-5-11(16-13)12(15)19/h4-5,8-9H,6-7,14H2,1-3H3,(H2,15,19). The number of primary amides is 1. The first-order chi connectivity index (χ1) is 8.90. The monoisotopic (exact) mass is 263 g/mol. The van der Waals surface area contributed by atoms with Crippen molar-refractivity contribution in [3.05, 3.63) is 17.8 Å². The number of nitrogens with zero attached hydrogens (tertiary/aromatic N) is 3. The maximum absolute atomic E-state index is 11.2. The van der Waals surface area contributed by atoms with Crippen LogP contribution >= 0.6 is 0 Å². The van der Waals surface area contributed by atoms with Crippen LogP contribution in [0.4, 0.5) is 11.5 Å². The van der Waals surface area contributed by atoms with Gasteiger partial charge in [0.2, 0.25) is 0 Å². The summed E-state index contributed by atoms with van der Waals surface area (Å²) in [6.07, 6.45) is 0. The molecule has 4 N–H and O–H groups in total. The fourth-order valence-electron chi connectivity index (χ4n) is 2.43. The molecule has 0 bridgehead atoms. The zero-order chi connectivity index (χ0) is 14.2. The Bertz CT molecular complexity index is 478. The molecular formula is C13H21N5O. The van der Waals surface area contributed by atoms with Crippen LogP contribution in [0.3, 0.4) is 0 Å². The van der Waals surface area contributed by atoms with Crippen LogP contribution in [0.15, 0.2) is 12.1 Å². The van der Waals surface area contributed by atoms with Crippen LogP contribution in [-0.4, -0.2) is 48.0 Å². The van der Waals surface area contributed by atoms with Crippen molar-refractivity contribution in [1.29, 1.82) is 0 Å². The highest BCUT2D eigenvalue weighted by Crippen LogP contribution is 2.25. The van der Waals surface area contributed by atoms with E-state index in [2.05, 4.69) is 35.7 Å². The lowest BCUT2D eigenvalue weighted by Gasteiger charge is -2.43. The van der Waals surface area contributed by atoms with Gasteiger partial charge in [-0.3, -0.25) is 9.69 Å². The minimum absolute atomic E-state index is 0.253. The predicted molar refractivity (Wildman–Crippen MR) is 76.1 cm³/mol.